The van der Waals surface area contributed by atoms with Gasteiger partial charge in [0.1, 0.15) is 6.33 Å². The maximum absolute atomic E-state index is 11.3. The molecular formula is C9H13N5O2S. The average Bonchev–Trinajstić information content (AvgIpc) is 2.74. The van der Waals surface area contributed by atoms with Crippen molar-refractivity contribution < 1.29 is 9.59 Å². The van der Waals surface area contributed by atoms with Gasteiger partial charge in [0.25, 0.3) is 0 Å². The lowest BCUT2D eigenvalue weighted by Gasteiger charge is -2.03. The number of carbonyl (C=O) groups is 2. The van der Waals surface area contributed by atoms with Crippen molar-refractivity contribution in [1.29, 1.82) is 0 Å². The van der Waals surface area contributed by atoms with E-state index in [-0.39, 0.29) is 11.7 Å². The number of allylic oxidation sites excluding steroid dienone is 1. The van der Waals surface area contributed by atoms with Crippen molar-refractivity contribution in [1.82, 2.24) is 25.4 Å². The van der Waals surface area contributed by atoms with Crippen molar-refractivity contribution >= 4 is 23.7 Å². The zero-order valence-corrected chi connectivity index (χ0v) is 10.2. The molecule has 0 aliphatic rings. The van der Waals surface area contributed by atoms with Crippen molar-refractivity contribution in [3.8, 4) is 0 Å². The summed E-state index contributed by atoms with van der Waals surface area (Å²) in [6, 6.07) is -0.525. The first kappa shape index (κ1) is 13.2. The van der Waals surface area contributed by atoms with Gasteiger partial charge in [-0.05, 0) is 0 Å². The van der Waals surface area contributed by atoms with E-state index in [1.54, 1.807) is 17.0 Å². The summed E-state index contributed by atoms with van der Waals surface area (Å²) >= 11 is 1.20. The molecule has 8 heteroatoms. The number of carbonyl (C=O) groups excluding carboxylic acids is 2. The fourth-order valence-corrected chi connectivity index (χ4v) is 1.70. The standard InChI is InChI=1S/C9H13N5O2S/c1-3-4-14-6-11-13-9(14)17-5-7(15)12-8(16)10-2/h3,6H,1,4-5H2,2H3,(H2,10,12,15,16). The predicted molar refractivity (Wildman–Crippen MR) is 63.5 cm³/mol. The van der Waals surface area contributed by atoms with E-state index in [0.717, 1.165) is 0 Å². The Morgan fingerprint density at radius 3 is 3.06 bits per heavy atom. The molecule has 92 valence electrons. The molecular weight excluding hydrogens is 242 g/mol. The van der Waals surface area contributed by atoms with Gasteiger partial charge in [-0.3, -0.25) is 10.1 Å². The van der Waals surface area contributed by atoms with E-state index in [1.807, 2.05) is 0 Å². The Hall–Kier alpha value is -1.83. The second-order valence-corrected chi connectivity index (χ2v) is 3.91. The van der Waals surface area contributed by atoms with Gasteiger partial charge < -0.3 is 9.88 Å². The number of nitrogens with zero attached hydrogens (tertiary/aromatic N) is 3. The van der Waals surface area contributed by atoms with Crippen LogP contribution in [-0.2, 0) is 11.3 Å². The smallest absolute Gasteiger partial charge is 0.321 e. The number of thioether (sulfide) groups is 1. The molecule has 0 radical (unpaired) electrons. The predicted octanol–water partition coefficient (Wildman–Crippen LogP) is 0.0118. The van der Waals surface area contributed by atoms with Gasteiger partial charge in [0.05, 0.1) is 5.75 Å². The van der Waals surface area contributed by atoms with E-state index in [0.29, 0.717) is 11.7 Å². The van der Waals surface area contributed by atoms with E-state index >= 15 is 0 Å². The highest BCUT2D eigenvalue weighted by Crippen LogP contribution is 2.13. The van der Waals surface area contributed by atoms with Crippen molar-refractivity contribution in [2.75, 3.05) is 12.8 Å². The fourth-order valence-electron chi connectivity index (χ4n) is 0.976. The molecule has 0 saturated carbocycles. The molecule has 0 unspecified atom stereocenters. The Morgan fingerprint density at radius 1 is 1.65 bits per heavy atom. The Bertz CT molecular complexity index is 417. The minimum absolute atomic E-state index is 0.100. The van der Waals surface area contributed by atoms with Gasteiger partial charge in [-0.1, -0.05) is 17.8 Å². The minimum atomic E-state index is -0.525. The van der Waals surface area contributed by atoms with E-state index < -0.39 is 6.03 Å². The number of hydrogen-bond donors (Lipinski definition) is 2. The first-order valence-corrected chi connectivity index (χ1v) is 5.79. The lowest BCUT2D eigenvalue weighted by atomic mass is 10.6. The summed E-state index contributed by atoms with van der Waals surface area (Å²) in [7, 11) is 1.44. The third-order valence-corrected chi connectivity index (χ3v) is 2.70. The molecule has 0 aliphatic carbocycles. The van der Waals surface area contributed by atoms with Gasteiger partial charge in [-0.2, -0.15) is 0 Å². The second-order valence-electron chi connectivity index (χ2n) is 2.97. The maximum Gasteiger partial charge on any atom is 0.321 e. The Balaban J connectivity index is 2.44. The van der Waals surface area contributed by atoms with Crippen LogP contribution in [0.3, 0.4) is 0 Å². The zero-order chi connectivity index (χ0) is 12.7. The SMILES string of the molecule is C=CCn1cnnc1SCC(=O)NC(=O)NC. The molecule has 0 aliphatic heterocycles. The number of imide groups is 1. The molecule has 1 aromatic rings. The van der Waals surface area contributed by atoms with Crippen molar-refractivity contribution in [2.45, 2.75) is 11.7 Å². The van der Waals surface area contributed by atoms with Gasteiger partial charge in [-0.25, -0.2) is 4.79 Å². The van der Waals surface area contributed by atoms with Crippen LogP contribution in [0.15, 0.2) is 24.1 Å². The normalized spacial score (nSPS) is 9.71. The highest BCUT2D eigenvalue weighted by Gasteiger charge is 2.09. The Labute approximate surface area is 103 Å². The molecule has 0 atom stereocenters. The van der Waals surface area contributed by atoms with Crippen LogP contribution < -0.4 is 10.6 Å². The second kappa shape index (κ2) is 6.69. The first-order valence-electron chi connectivity index (χ1n) is 4.80. The summed E-state index contributed by atoms with van der Waals surface area (Å²) in [6.07, 6.45) is 3.26. The topological polar surface area (TPSA) is 88.9 Å². The molecule has 1 aromatic heterocycles. The molecule has 3 amide bonds. The van der Waals surface area contributed by atoms with Gasteiger partial charge in [-0.15, -0.1) is 16.8 Å². The number of hydrogen-bond acceptors (Lipinski definition) is 5. The summed E-state index contributed by atoms with van der Waals surface area (Å²) in [4.78, 5) is 22.2. The van der Waals surface area contributed by atoms with Crippen LogP contribution in [-0.4, -0.2) is 39.5 Å². The third-order valence-electron chi connectivity index (χ3n) is 1.72. The number of nitrogens with one attached hydrogen (secondary N) is 2. The maximum atomic E-state index is 11.3. The van der Waals surface area contributed by atoms with Crippen molar-refractivity contribution in [3.05, 3.63) is 19.0 Å². The number of rotatable bonds is 5. The van der Waals surface area contributed by atoms with Gasteiger partial charge in [0.15, 0.2) is 5.16 Å². The van der Waals surface area contributed by atoms with E-state index in [9.17, 15) is 9.59 Å². The van der Waals surface area contributed by atoms with Crippen LogP contribution in [0.25, 0.3) is 0 Å². The first-order chi connectivity index (χ1) is 8.17. The van der Waals surface area contributed by atoms with Crippen LogP contribution in [0.2, 0.25) is 0 Å². The summed E-state index contributed by atoms with van der Waals surface area (Å²) in [5.41, 5.74) is 0. The summed E-state index contributed by atoms with van der Waals surface area (Å²) in [5, 5.41) is 12.6. The fraction of sp³-hybridized carbons (Fsp3) is 0.333. The van der Waals surface area contributed by atoms with Crippen LogP contribution in [0.4, 0.5) is 4.79 Å². The lowest BCUT2D eigenvalue weighted by molar-refractivity contribution is -0.117. The summed E-state index contributed by atoms with van der Waals surface area (Å²) in [6.45, 7) is 4.18. The third kappa shape index (κ3) is 4.27. The number of urea groups is 1. The summed E-state index contributed by atoms with van der Waals surface area (Å²) in [5.74, 6) is -0.286. The van der Waals surface area contributed by atoms with Gasteiger partial charge in [0.2, 0.25) is 5.91 Å². The zero-order valence-electron chi connectivity index (χ0n) is 9.34. The van der Waals surface area contributed by atoms with Crippen LogP contribution in [0, 0.1) is 0 Å². The molecule has 0 saturated heterocycles. The highest BCUT2D eigenvalue weighted by molar-refractivity contribution is 7.99. The van der Waals surface area contributed by atoms with Crippen LogP contribution >= 0.6 is 11.8 Å². The minimum Gasteiger partial charge on any atom is -0.341 e. The number of amides is 3. The molecule has 0 bridgehead atoms. The van der Waals surface area contributed by atoms with E-state index in [1.165, 1.54) is 18.8 Å². The van der Waals surface area contributed by atoms with E-state index in [4.69, 9.17) is 0 Å². The molecule has 2 N–H and O–H groups in total. The molecule has 0 spiro atoms. The molecule has 0 aromatic carbocycles. The highest BCUT2D eigenvalue weighted by atomic mass is 32.2. The molecule has 17 heavy (non-hydrogen) atoms. The van der Waals surface area contributed by atoms with Gasteiger partial charge in [0, 0.05) is 13.6 Å². The largest absolute Gasteiger partial charge is 0.341 e. The Kier molecular flexibility index (Phi) is 5.21. The van der Waals surface area contributed by atoms with Crippen molar-refractivity contribution in [3.63, 3.8) is 0 Å². The van der Waals surface area contributed by atoms with Crippen molar-refractivity contribution in [2.24, 2.45) is 0 Å². The van der Waals surface area contributed by atoms with Gasteiger partial charge >= 0.3 is 6.03 Å². The average molecular weight is 255 g/mol. The summed E-state index contributed by atoms with van der Waals surface area (Å²) < 4.78 is 1.75. The monoisotopic (exact) mass is 255 g/mol. The molecule has 0 fully saturated rings. The molecule has 7 nitrogen and oxygen atoms in total. The quantitative estimate of drug-likeness (QED) is 0.571. The Morgan fingerprint density at radius 2 is 2.41 bits per heavy atom. The number of aromatic nitrogens is 3. The lowest BCUT2D eigenvalue weighted by Crippen LogP contribution is -2.38. The molecule has 1 heterocycles. The van der Waals surface area contributed by atoms with E-state index in [2.05, 4.69) is 27.4 Å². The van der Waals surface area contributed by atoms with Crippen LogP contribution in [0.1, 0.15) is 0 Å². The molecule has 1 rings (SSSR count). The van der Waals surface area contributed by atoms with Crippen LogP contribution in [0.5, 0.6) is 0 Å².